The fraction of sp³-hybridized carbons (Fsp3) is 0.182. The number of carbonyl (C=O) groups is 1. The first-order chi connectivity index (χ1) is 6.74. The number of rotatable bonds is 2. The highest BCUT2D eigenvalue weighted by molar-refractivity contribution is 6.37. The lowest BCUT2D eigenvalue weighted by Crippen LogP contribution is -2.01. The van der Waals surface area contributed by atoms with Crippen LogP contribution in [0.4, 0.5) is 4.79 Å². The van der Waals surface area contributed by atoms with Gasteiger partial charge in [-0.2, -0.15) is 9.98 Å². The molecule has 0 radical (unpaired) electrons. The van der Waals surface area contributed by atoms with Crippen molar-refractivity contribution in [3.63, 3.8) is 0 Å². The Bertz CT molecular complexity index is 433. The fourth-order valence-electron chi connectivity index (χ4n) is 1.43. The highest BCUT2D eigenvalue weighted by atomic mass is 16.2. The standard InChI is InChI=1S/C11H10N2O/c1-8-3-2-4-9(5-8)6-10-7-12-11(14)13-10/h2-5,7H,6H2,1H3. The SMILES string of the molecule is Cc1cccc(CC2=NC(=O)N=C2)c1. The van der Waals surface area contributed by atoms with Gasteiger partial charge < -0.3 is 0 Å². The Morgan fingerprint density at radius 3 is 2.86 bits per heavy atom. The number of carbonyl (C=O) groups excluding carboxylic acids is 1. The lowest BCUT2D eigenvalue weighted by molar-refractivity contribution is 0.257. The third-order valence-electron chi connectivity index (χ3n) is 2.03. The molecule has 2 rings (SSSR count). The molecule has 1 aliphatic rings. The van der Waals surface area contributed by atoms with Crippen molar-refractivity contribution in [2.45, 2.75) is 13.3 Å². The van der Waals surface area contributed by atoms with E-state index in [2.05, 4.69) is 16.1 Å². The first-order valence-electron chi connectivity index (χ1n) is 4.45. The summed E-state index contributed by atoms with van der Waals surface area (Å²) in [4.78, 5) is 18.1. The van der Waals surface area contributed by atoms with Gasteiger partial charge in [0.25, 0.3) is 0 Å². The van der Waals surface area contributed by atoms with E-state index in [0.29, 0.717) is 6.42 Å². The molecule has 1 aliphatic heterocycles. The second kappa shape index (κ2) is 3.54. The van der Waals surface area contributed by atoms with Crippen LogP contribution in [-0.2, 0) is 6.42 Å². The number of hydrogen-bond donors (Lipinski definition) is 0. The molecule has 70 valence electrons. The molecule has 0 spiro atoms. The highest BCUT2D eigenvalue weighted by Crippen LogP contribution is 2.07. The Kier molecular flexibility index (Phi) is 2.23. The summed E-state index contributed by atoms with van der Waals surface area (Å²) >= 11 is 0. The van der Waals surface area contributed by atoms with E-state index >= 15 is 0 Å². The Morgan fingerprint density at radius 1 is 1.36 bits per heavy atom. The fourth-order valence-corrected chi connectivity index (χ4v) is 1.43. The van der Waals surface area contributed by atoms with Crippen LogP contribution in [-0.4, -0.2) is 18.0 Å². The quantitative estimate of drug-likeness (QED) is 0.698. The van der Waals surface area contributed by atoms with E-state index in [0.717, 1.165) is 11.3 Å². The van der Waals surface area contributed by atoms with Crippen molar-refractivity contribution in [2.24, 2.45) is 9.98 Å². The number of aliphatic imine (C=N–C) groups is 2. The van der Waals surface area contributed by atoms with Crippen LogP contribution in [0.2, 0.25) is 0 Å². The van der Waals surface area contributed by atoms with E-state index in [9.17, 15) is 4.79 Å². The molecule has 1 heterocycles. The zero-order valence-corrected chi connectivity index (χ0v) is 7.90. The molecule has 1 aromatic carbocycles. The van der Waals surface area contributed by atoms with Crippen LogP contribution in [0.3, 0.4) is 0 Å². The lowest BCUT2D eigenvalue weighted by atomic mass is 10.1. The predicted molar refractivity (Wildman–Crippen MR) is 56.2 cm³/mol. The predicted octanol–water partition coefficient (Wildman–Crippen LogP) is 2.18. The van der Waals surface area contributed by atoms with Crippen molar-refractivity contribution in [1.82, 2.24) is 0 Å². The molecule has 0 bridgehead atoms. The molecule has 0 atom stereocenters. The van der Waals surface area contributed by atoms with Crippen molar-refractivity contribution in [3.8, 4) is 0 Å². The minimum Gasteiger partial charge on any atom is -0.244 e. The molecule has 0 fully saturated rings. The minimum absolute atomic E-state index is 0.396. The summed E-state index contributed by atoms with van der Waals surface area (Å²) in [5.74, 6) is 0. The molecule has 14 heavy (non-hydrogen) atoms. The second-order valence-corrected chi connectivity index (χ2v) is 3.31. The average Bonchev–Trinajstić information content (AvgIpc) is 2.51. The number of urea groups is 1. The number of nitrogens with zero attached hydrogens (tertiary/aromatic N) is 2. The first-order valence-corrected chi connectivity index (χ1v) is 4.45. The average molecular weight is 186 g/mol. The number of aryl methyl sites for hydroxylation is 1. The van der Waals surface area contributed by atoms with Crippen LogP contribution in [0, 0.1) is 6.92 Å². The van der Waals surface area contributed by atoms with Gasteiger partial charge in [-0.15, -0.1) is 0 Å². The molecule has 0 N–H and O–H groups in total. The largest absolute Gasteiger partial charge is 0.367 e. The molecular formula is C11H10N2O. The van der Waals surface area contributed by atoms with Gasteiger partial charge in [0, 0.05) is 6.42 Å². The monoisotopic (exact) mass is 186 g/mol. The normalized spacial score (nSPS) is 14.6. The van der Waals surface area contributed by atoms with E-state index in [1.54, 1.807) is 0 Å². The van der Waals surface area contributed by atoms with Crippen LogP contribution >= 0.6 is 0 Å². The van der Waals surface area contributed by atoms with E-state index in [-0.39, 0.29) is 0 Å². The first kappa shape index (κ1) is 8.81. The lowest BCUT2D eigenvalue weighted by Gasteiger charge is -1.99. The summed E-state index contributed by atoms with van der Waals surface area (Å²) in [5, 5.41) is 0. The summed E-state index contributed by atoms with van der Waals surface area (Å²) in [7, 11) is 0. The molecule has 0 saturated heterocycles. The van der Waals surface area contributed by atoms with Gasteiger partial charge in [-0.25, -0.2) is 4.79 Å². The highest BCUT2D eigenvalue weighted by Gasteiger charge is 2.08. The third kappa shape index (κ3) is 1.93. The van der Waals surface area contributed by atoms with Crippen molar-refractivity contribution in [2.75, 3.05) is 0 Å². The number of benzene rings is 1. The molecule has 0 aliphatic carbocycles. The summed E-state index contributed by atoms with van der Waals surface area (Å²) in [6.07, 6.45) is 2.21. The number of amides is 2. The van der Waals surface area contributed by atoms with Crippen LogP contribution < -0.4 is 0 Å². The van der Waals surface area contributed by atoms with Crippen molar-refractivity contribution >= 4 is 18.0 Å². The molecule has 0 saturated carbocycles. The maximum absolute atomic E-state index is 10.7. The zero-order chi connectivity index (χ0) is 9.97. The molecule has 0 unspecified atom stereocenters. The summed E-state index contributed by atoms with van der Waals surface area (Å²) in [6, 6.07) is 7.75. The van der Waals surface area contributed by atoms with Crippen molar-refractivity contribution < 1.29 is 4.79 Å². The van der Waals surface area contributed by atoms with Crippen LogP contribution in [0.5, 0.6) is 0 Å². The number of hydrogen-bond acceptors (Lipinski definition) is 1. The molecular weight excluding hydrogens is 176 g/mol. The van der Waals surface area contributed by atoms with Gasteiger partial charge in [-0.05, 0) is 12.5 Å². The van der Waals surface area contributed by atoms with E-state index < -0.39 is 6.03 Å². The maximum Gasteiger partial charge on any atom is 0.367 e. The topological polar surface area (TPSA) is 41.8 Å². The van der Waals surface area contributed by atoms with Gasteiger partial charge in [0.05, 0.1) is 11.9 Å². The summed E-state index contributed by atoms with van der Waals surface area (Å²) < 4.78 is 0. The van der Waals surface area contributed by atoms with E-state index in [1.165, 1.54) is 11.8 Å². The van der Waals surface area contributed by atoms with E-state index in [4.69, 9.17) is 0 Å². The minimum atomic E-state index is -0.396. The van der Waals surface area contributed by atoms with Gasteiger partial charge in [-0.3, -0.25) is 0 Å². The molecule has 2 amide bonds. The smallest absolute Gasteiger partial charge is 0.244 e. The summed E-state index contributed by atoms with van der Waals surface area (Å²) in [5.41, 5.74) is 3.11. The van der Waals surface area contributed by atoms with Gasteiger partial charge >= 0.3 is 6.03 Å². The maximum atomic E-state index is 10.7. The van der Waals surface area contributed by atoms with Crippen molar-refractivity contribution in [1.29, 1.82) is 0 Å². The van der Waals surface area contributed by atoms with Gasteiger partial charge in [0.1, 0.15) is 0 Å². The van der Waals surface area contributed by atoms with Gasteiger partial charge in [0.2, 0.25) is 0 Å². The third-order valence-corrected chi connectivity index (χ3v) is 2.03. The van der Waals surface area contributed by atoms with Gasteiger partial charge in [-0.1, -0.05) is 29.8 Å². The Balaban J connectivity index is 2.16. The van der Waals surface area contributed by atoms with Crippen LogP contribution in [0.25, 0.3) is 0 Å². The molecule has 3 heteroatoms. The summed E-state index contributed by atoms with van der Waals surface area (Å²) in [6.45, 7) is 2.04. The zero-order valence-electron chi connectivity index (χ0n) is 7.90. The van der Waals surface area contributed by atoms with Gasteiger partial charge in [0.15, 0.2) is 0 Å². The molecule has 1 aromatic rings. The Hall–Kier alpha value is -1.77. The van der Waals surface area contributed by atoms with Crippen LogP contribution in [0.15, 0.2) is 34.3 Å². The Morgan fingerprint density at radius 2 is 2.21 bits per heavy atom. The second-order valence-electron chi connectivity index (χ2n) is 3.31. The molecule has 0 aromatic heterocycles. The van der Waals surface area contributed by atoms with E-state index in [1.807, 2.05) is 25.1 Å². The van der Waals surface area contributed by atoms with Crippen LogP contribution in [0.1, 0.15) is 11.1 Å². The molecule has 3 nitrogen and oxygen atoms in total. The Labute approximate surface area is 82.2 Å². The van der Waals surface area contributed by atoms with Crippen molar-refractivity contribution in [3.05, 3.63) is 35.4 Å².